The first-order valence-corrected chi connectivity index (χ1v) is 9.89. The van der Waals surface area contributed by atoms with E-state index >= 15 is 0 Å². The summed E-state index contributed by atoms with van der Waals surface area (Å²) in [4.78, 5) is 15.4. The van der Waals surface area contributed by atoms with E-state index in [0.29, 0.717) is 6.54 Å². The van der Waals surface area contributed by atoms with E-state index in [0.717, 1.165) is 37.2 Å². The molecule has 2 aromatic rings. The second-order valence-corrected chi connectivity index (χ2v) is 7.42. The van der Waals surface area contributed by atoms with Crippen LogP contribution in [0.5, 0.6) is 0 Å². The summed E-state index contributed by atoms with van der Waals surface area (Å²) in [5, 5.41) is 3.14. The van der Waals surface area contributed by atoms with Crippen molar-refractivity contribution >= 4 is 5.91 Å². The van der Waals surface area contributed by atoms with Crippen molar-refractivity contribution in [2.45, 2.75) is 38.4 Å². The Labute approximate surface area is 162 Å². The fraction of sp³-hybridized carbons (Fsp3) is 0.435. The van der Waals surface area contributed by atoms with Crippen LogP contribution in [0.4, 0.5) is 0 Å². The third kappa shape index (κ3) is 5.65. The minimum absolute atomic E-state index is 0.0658. The van der Waals surface area contributed by atoms with Crippen molar-refractivity contribution in [2.75, 3.05) is 26.2 Å². The van der Waals surface area contributed by atoms with Crippen LogP contribution in [0.3, 0.4) is 0 Å². The number of carbonyl (C=O) groups is 1. The molecular weight excluding hydrogens is 336 g/mol. The molecule has 0 radical (unpaired) electrons. The first kappa shape index (κ1) is 19.6. The minimum Gasteiger partial charge on any atom is -0.373 e. The molecule has 27 heavy (non-hydrogen) atoms. The second kappa shape index (κ2) is 9.67. The summed E-state index contributed by atoms with van der Waals surface area (Å²) in [5.41, 5.74) is 2.05. The number of nitrogens with one attached hydrogen (secondary N) is 1. The van der Waals surface area contributed by atoms with Crippen LogP contribution in [-0.4, -0.2) is 49.2 Å². The summed E-state index contributed by atoms with van der Waals surface area (Å²) < 4.78 is 5.78. The van der Waals surface area contributed by atoms with Crippen molar-refractivity contribution in [3.05, 3.63) is 71.8 Å². The zero-order valence-electron chi connectivity index (χ0n) is 16.3. The number of nitrogens with zero attached hydrogens (tertiary/aromatic N) is 1. The van der Waals surface area contributed by atoms with Crippen LogP contribution in [0.2, 0.25) is 0 Å². The molecule has 4 heteroatoms. The molecule has 4 nitrogen and oxygen atoms in total. The molecule has 3 rings (SSSR count). The number of morpholine rings is 1. The third-order valence-corrected chi connectivity index (χ3v) is 4.97. The van der Waals surface area contributed by atoms with E-state index in [1.54, 1.807) is 0 Å². The molecular formula is C23H30N2O2. The molecule has 1 N–H and O–H groups in total. The molecule has 1 amide bonds. The van der Waals surface area contributed by atoms with Crippen LogP contribution in [0.25, 0.3) is 0 Å². The van der Waals surface area contributed by atoms with Gasteiger partial charge in [0.15, 0.2) is 0 Å². The zero-order chi connectivity index (χ0) is 19.1. The number of benzene rings is 2. The van der Waals surface area contributed by atoms with Gasteiger partial charge in [-0.1, -0.05) is 60.7 Å². The van der Waals surface area contributed by atoms with E-state index in [2.05, 4.69) is 24.1 Å². The lowest BCUT2D eigenvalue weighted by molar-refractivity contribution is -0.121. The molecule has 1 aliphatic heterocycles. The normalized spacial score (nSPS) is 20.6. The van der Waals surface area contributed by atoms with Gasteiger partial charge in [0.1, 0.15) is 0 Å². The summed E-state index contributed by atoms with van der Waals surface area (Å²) >= 11 is 0. The van der Waals surface area contributed by atoms with Crippen LogP contribution < -0.4 is 5.32 Å². The van der Waals surface area contributed by atoms with Gasteiger partial charge in [-0.25, -0.2) is 0 Å². The van der Waals surface area contributed by atoms with Gasteiger partial charge in [-0.15, -0.1) is 0 Å². The number of ether oxygens (including phenoxy) is 1. The Bertz CT molecular complexity index is 655. The van der Waals surface area contributed by atoms with E-state index < -0.39 is 0 Å². The van der Waals surface area contributed by atoms with Crippen molar-refractivity contribution in [3.63, 3.8) is 0 Å². The molecule has 0 aromatic heterocycles. The Balaban J connectivity index is 1.56. The van der Waals surface area contributed by atoms with Crippen molar-refractivity contribution in [2.24, 2.45) is 0 Å². The number of amides is 1. The highest BCUT2D eigenvalue weighted by Crippen LogP contribution is 2.24. The van der Waals surface area contributed by atoms with Gasteiger partial charge in [-0.3, -0.25) is 9.69 Å². The standard InChI is InChI=1S/C23H30N2O2/c1-18-16-25(17-19(2)27-18)15-9-14-24-23(26)22(20-10-5-3-6-11-20)21-12-7-4-8-13-21/h3-8,10-13,18-19,22H,9,14-17H2,1-2H3,(H,24,26). The highest BCUT2D eigenvalue weighted by molar-refractivity contribution is 5.87. The van der Waals surface area contributed by atoms with Crippen molar-refractivity contribution in [3.8, 4) is 0 Å². The lowest BCUT2D eigenvalue weighted by Crippen LogP contribution is -2.46. The van der Waals surface area contributed by atoms with E-state index in [9.17, 15) is 4.79 Å². The van der Waals surface area contributed by atoms with Gasteiger partial charge >= 0.3 is 0 Å². The maximum absolute atomic E-state index is 13.0. The van der Waals surface area contributed by atoms with Crippen LogP contribution >= 0.6 is 0 Å². The summed E-state index contributed by atoms with van der Waals surface area (Å²) in [7, 11) is 0. The molecule has 0 bridgehead atoms. The highest BCUT2D eigenvalue weighted by Gasteiger charge is 2.23. The molecule has 0 spiro atoms. The largest absolute Gasteiger partial charge is 0.373 e. The lowest BCUT2D eigenvalue weighted by Gasteiger charge is -2.35. The Hall–Kier alpha value is -2.17. The molecule has 1 heterocycles. The summed E-state index contributed by atoms with van der Waals surface area (Å²) in [6, 6.07) is 20.0. The molecule has 2 unspecified atom stereocenters. The highest BCUT2D eigenvalue weighted by atomic mass is 16.5. The SMILES string of the molecule is CC1CN(CCCNC(=O)C(c2ccccc2)c2ccccc2)CC(C)O1. The Kier molecular flexibility index (Phi) is 7.02. The van der Waals surface area contributed by atoms with E-state index in [1.165, 1.54) is 0 Å². The number of rotatable bonds is 7. The van der Waals surface area contributed by atoms with Crippen LogP contribution in [0.15, 0.2) is 60.7 Å². The molecule has 2 aromatic carbocycles. The minimum atomic E-state index is -0.268. The van der Waals surface area contributed by atoms with Gasteiger partial charge in [-0.05, 0) is 31.4 Å². The maximum Gasteiger partial charge on any atom is 0.232 e. The van der Waals surface area contributed by atoms with E-state index in [4.69, 9.17) is 4.74 Å². The monoisotopic (exact) mass is 366 g/mol. The van der Waals surface area contributed by atoms with Crippen molar-refractivity contribution in [1.82, 2.24) is 10.2 Å². The predicted molar refractivity (Wildman–Crippen MR) is 109 cm³/mol. The molecule has 2 atom stereocenters. The van der Waals surface area contributed by atoms with Gasteiger partial charge in [0, 0.05) is 26.2 Å². The Morgan fingerprint density at radius 2 is 1.52 bits per heavy atom. The van der Waals surface area contributed by atoms with E-state index in [1.807, 2.05) is 60.7 Å². The van der Waals surface area contributed by atoms with Gasteiger partial charge in [-0.2, -0.15) is 0 Å². The first-order valence-electron chi connectivity index (χ1n) is 9.89. The average Bonchev–Trinajstić information content (AvgIpc) is 2.66. The predicted octanol–water partition coefficient (Wildman–Crippen LogP) is 3.43. The van der Waals surface area contributed by atoms with Gasteiger partial charge < -0.3 is 10.1 Å². The van der Waals surface area contributed by atoms with Crippen molar-refractivity contribution < 1.29 is 9.53 Å². The zero-order valence-corrected chi connectivity index (χ0v) is 16.3. The van der Waals surface area contributed by atoms with Crippen LogP contribution in [-0.2, 0) is 9.53 Å². The summed E-state index contributed by atoms with van der Waals surface area (Å²) in [6.07, 6.45) is 1.51. The van der Waals surface area contributed by atoms with Crippen LogP contribution in [0.1, 0.15) is 37.3 Å². The molecule has 0 saturated carbocycles. The number of carbonyl (C=O) groups excluding carboxylic acids is 1. The average molecular weight is 367 g/mol. The van der Waals surface area contributed by atoms with E-state index in [-0.39, 0.29) is 24.0 Å². The number of hydrogen-bond acceptors (Lipinski definition) is 3. The fourth-order valence-corrected chi connectivity index (χ4v) is 3.87. The second-order valence-electron chi connectivity index (χ2n) is 7.42. The molecule has 0 aliphatic carbocycles. The summed E-state index contributed by atoms with van der Waals surface area (Å²) in [5.74, 6) is -0.202. The molecule has 1 aliphatic rings. The Morgan fingerprint density at radius 3 is 2.04 bits per heavy atom. The quantitative estimate of drug-likeness (QED) is 0.764. The molecule has 144 valence electrons. The summed E-state index contributed by atoms with van der Waals surface area (Å²) in [6.45, 7) is 7.85. The third-order valence-electron chi connectivity index (χ3n) is 4.97. The van der Waals surface area contributed by atoms with Gasteiger partial charge in [0.25, 0.3) is 0 Å². The topological polar surface area (TPSA) is 41.6 Å². The van der Waals surface area contributed by atoms with Gasteiger partial charge in [0.05, 0.1) is 18.1 Å². The van der Waals surface area contributed by atoms with Crippen LogP contribution in [0, 0.1) is 0 Å². The number of hydrogen-bond donors (Lipinski definition) is 1. The Morgan fingerprint density at radius 1 is 1.00 bits per heavy atom. The molecule has 1 saturated heterocycles. The first-order chi connectivity index (χ1) is 13.1. The smallest absolute Gasteiger partial charge is 0.232 e. The fourth-order valence-electron chi connectivity index (χ4n) is 3.87. The van der Waals surface area contributed by atoms with Gasteiger partial charge in [0.2, 0.25) is 5.91 Å². The maximum atomic E-state index is 13.0. The molecule has 1 fully saturated rings. The van der Waals surface area contributed by atoms with Crippen molar-refractivity contribution in [1.29, 1.82) is 0 Å². The lowest BCUT2D eigenvalue weighted by atomic mass is 9.90.